The number of nitrogens with one attached hydrogen (secondary N) is 1. The standard InChI is InChI=1S/C8H16N2O/c1-8(11)10-6-3-2-4-9-5-7-10/h9H,2-7H2,1H3. The van der Waals surface area contributed by atoms with Gasteiger partial charge >= 0.3 is 0 Å². The third-order valence-corrected chi connectivity index (χ3v) is 2.04. The number of carbonyl (C=O) groups is 1. The van der Waals surface area contributed by atoms with E-state index in [4.69, 9.17) is 0 Å². The molecule has 0 aliphatic carbocycles. The second-order valence-corrected chi connectivity index (χ2v) is 2.96. The highest BCUT2D eigenvalue weighted by Gasteiger charge is 2.08. The van der Waals surface area contributed by atoms with Crippen molar-refractivity contribution in [1.29, 1.82) is 0 Å². The molecule has 0 aromatic carbocycles. The minimum absolute atomic E-state index is 0.203. The second-order valence-electron chi connectivity index (χ2n) is 2.96. The Morgan fingerprint density at radius 2 is 2.09 bits per heavy atom. The van der Waals surface area contributed by atoms with Crippen molar-refractivity contribution in [3.05, 3.63) is 0 Å². The lowest BCUT2D eigenvalue weighted by molar-refractivity contribution is -0.129. The SMILES string of the molecule is CC(=O)N1CCCCNCC1. The fourth-order valence-electron chi connectivity index (χ4n) is 1.32. The maximum atomic E-state index is 11.0. The van der Waals surface area contributed by atoms with Crippen molar-refractivity contribution < 1.29 is 4.79 Å². The van der Waals surface area contributed by atoms with Crippen LogP contribution in [0, 0.1) is 0 Å². The van der Waals surface area contributed by atoms with Crippen LogP contribution < -0.4 is 5.32 Å². The van der Waals surface area contributed by atoms with Crippen LogP contribution in [0.25, 0.3) is 0 Å². The van der Waals surface area contributed by atoms with Crippen LogP contribution in [0.5, 0.6) is 0 Å². The third-order valence-electron chi connectivity index (χ3n) is 2.04. The maximum Gasteiger partial charge on any atom is 0.219 e. The van der Waals surface area contributed by atoms with E-state index < -0.39 is 0 Å². The average molecular weight is 156 g/mol. The molecule has 3 nitrogen and oxygen atoms in total. The van der Waals surface area contributed by atoms with E-state index in [1.165, 1.54) is 6.42 Å². The van der Waals surface area contributed by atoms with Gasteiger partial charge in [0.2, 0.25) is 5.91 Å². The van der Waals surface area contributed by atoms with Gasteiger partial charge in [-0.1, -0.05) is 0 Å². The van der Waals surface area contributed by atoms with Crippen molar-refractivity contribution in [3.8, 4) is 0 Å². The van der Waals surface area contributed by atoms with Gasteiger partial charge in [-0.25, -0.2) is 0 Å². The minimum atomic E-state index is 0.203. The summed E-state index contributed by atoms with van der Waals surface area (Å²) in [6.07, 6.45) is 2.32. The van der Waals surface area contributed by atoms with Crippen LogP contribution in [-0.4, -0.2) is 37.0 Å². The molecule has 1 aliphatic rings. The molecule has 11 heavy (non-hydrogen) atoms. The first-order valence-electron chi connectivity index (χ1n) is 4.27. The lowest BCUT2D eigenvalue weighted by Crippen LogP contribution is -2.38. The molecule has 1 heterocycles. The molecular weight excluding hydrogens is 140 g/mol. The highest BCUT2D eigenvalue weighted by Crippen LogP contribution is 1.97. The van der Waals surface area contributed by atoms with Gasteiger partial charge in [-0.3, -0.25) is 4.79 Å². The van der Waals surface area contributed by atoms with Gasteiger partial charge in [0.15, 0.2) is 0 Å². The number of hydrogen-bond donors (Lipinski definition) is 1. The molecule has 1 amide bonds. The number of amides is 1. The maximum absolute atomic E-state index is 11.0. The molecule has 0 aromatic heterocycles. The molecule has 0 aromatic rings. The highest BCUT2D eigenvalue weighted by molar-refractivity contribution is 5.73. The fourth-order valence-corrected chi connectivity index (χ4v) is 1.32. The topological polar surface area (TPSA) is 32.3 Å². The Kier molecular flexibility index (Phi) is 3.36. The first-order chi connectivity index (χ1) is 5.30. The van der Waals surface area contributed by atoms with Gasteiger partial charge in [0.1, 0.15) is 0 Å². The Morgan fingerprint density at radius 3 is 2.82 bits per heavy atom. The summed E-state index contributed by atoms with van der Waals surface area (Å²) in [4.78, 5) is 12.9. The molecule has 0 atom stereocenters. The Morgan fingerprint density at radius 1 is 1.27 bits per heavy atom. The number of hydrogen-bond acceptors (Lipinski definition) is 2. The van der Waals surface area contributed by atoms with E-state index in [0.29, 0.717) is 0 Å². The second kappa shape index (κ2) is 4.34. The van der Waals surface area contributed by atoms with Crippen LogP contribution in [0.15, 0.2) is 0 Å². The zero-order chi connectivity index (χ0) is 8.10. The van der Waals surface area contributed by atoms with E-state index >= 15 is 0 Å². The van der Waals surface area contributed by atoms with Crippen molar-refractivity contribution in [2.45, 2.75) is 19.8 Å². The minimum Gasteiger partial charge on any atom is -0.342 e. The Balaban J connectivity index is 2.32. The van der Waals surface area contributed by atoms with E-state index in [0.717, 1.165) is 32.6 Å². The van der Waals surface area contributed by atoms with E-state index in [1.54, 1.807) is 6.92 Å². The summed E-state index contributed by atoms with van der Waals surface area (Å²) < 4.78 is 0. The summed E-state index contributed by atoms with van der Waals surface area (Å²) in [6.45, 7) is 5.50. The summed E-state index contributed by atoms with van der Waals surface area (Å²) in [5.41, 5.74) is 0. The van der Waals surface area contributed by atoms with Crippen molar-refractivity contribution >= 4 is 5.91 Å². The summed E-state index contributed by atoms with van der Waals surface area (Å²) in [5, 5.41) is 3.28. The summed E-state index contributed by atoms with van der Waals surface area (Å²) in [5.74, 6) is 0.203. The van der Waals surface area contributed by atoms with E-state index in [-0.39, 0.29) is 5.91 Å². The van der Waals surface area contributed by atoms with Crippen molar-refractivity contribution in [3.63, 3.8) is 0 Å². The van der Waals surface area contributed by atoms with Crippen molar-refractivity contribution in [1.82, 2.24) is 10.2 Å². The van der Waals surface area contributed by atoms with Gasteiger partial charge in [-0.2, -0.15) is 0 Å². The van der Waals surface area contributed by atoms with Gasteiger partial charge in [-0.15, -0.1) is 0 Å². The van der Waals surface area contributed by atoms with Crippen LogP contribution in [0.1, 0.15) is 19.8 Å². The molecule has 0 spiro atoms. The van der Waals surface area contributed by atoms with Crippen LogP contribution in [-0.2, 0) is 4.79 Å². The summed E-state index contributed by atoms with van der Waals surface area (Å²) in [7, 11) is 0. The van der Waals surface area contributed by atoms with Gasteiger partial charge in [-0.05, 0) is 19.4 Å². The smallest absolute Gasteiger partial charge is 0.219 e. The Labute approximate surface area is 67.8 Å². The predicted octanol–water partition coefficient (Wildman–Crippen LogP) is 0.218. The highest BCUT2D eigenvalue weighted by atomic mass is 16.2. The molecule has 0 bridgehead atoms. The van der Waals surface area contributed by atoms with Gasteiger partial charge in [0.05, 0.1) is 0 Å². The molecule has 1 saturated heterocycles. The molecule has 1 fully saturated rings. The third kappa shape index (κ3) is 2.89. The lowest BCUT2D eigenvalue weighted by atomic mass is 10.2. The summed E-state index contributed by atoms with van der Waals surface area (Å²) >= 11 is 0. The van der Waals surface area contributed by atoms with Crippen LogP contribution in [0.2, 0.25) is 0 Å². The van der Waals surface area contributed by atoms with Crippen molar-refractivity contribution in [2.75, 3.05) is 26.2 Å². The molecule has 0 saturated carbocycles. The number of rotatable bonds is 0. The van der Waals surface area contributed by atoms with Gasteiger partial charge < -0.3 is 10.2 Å². The molecule has 3 heteroatoms. The average Bonchev–Trinajstić information content (AvgIpc) is 1.84. The molecule has 1 aliphatic heterocycles. The van der Waals surface area contributed by atoms with E-state index in [2.05, 4.69) is 5.32 Å². The molecule has 64 valence electrons. The lowest BCUT2D eigenvalue weighted by Gasteiger charge is -2.23. The zero-order valence-corrected chi connectivity index (χ0v) is 7.10. The normalized spacial score (nSPS) is 20.6. The molecule has 1 N–H and O–H groups in total. The Bertz CT molecular complexity index is 128. The van der Waals surface area contributed by atoms with Gasteiger partial charge in [0.25, 0.3) is 0 Å². The van der Waals surface area contributed by atoms with E-state index in [9.17, 15) is 4.79 Å². The molecular formula is C8H16N2O. The summed E-state index contributed by atoms with van der Waals surface area (Å²) in [6, 6.07) is 0. The van der Waals surface area contributed by atoms with E-state index in [1.807, 2.05) is 4.90 Å². The number of carbonyl (C=O) groups excluding carboxylic acids is 1. The Hall–Kier alpha value is -0.570. The van der Waals surface area contributed by atoms with Gasteiger partial charge in [0, 0.05) is 26.6 Å². The molecule has 0 radical (unpaired) electrons. The first-order valence-corrected chi connectivity index (χ1v) is 4.27. The quantitative estimate of drug-likeness (QED) is 0.544. The zero-order valence-electron chi connectivity index (χ0n) is 7.10. The predicted molar refractivity (Wildman–Crippen MR) is 44.4 cm³/mol. The van der Waals surface area contributed by atoms with Crippen molar-refractivity contribution in [2.24, 2.45) is 0 Å². The van der Waals surface area contributed by atoms with Crippen LogP contribution in [0.4, 0.5) is 0 Å². The van der Waals surface area contributed by atoms with Crippen LogP contribution in [0.3, 0.4) is 0 Å². The molecule has 1 rings (SSSR count). The largest absolute Gasteiger partial charge is 0.342 e. The fraction of sp³-hybridized carbons (Fsp3) is 0.875. The molecule has 0 unspecified atom stereocenters. The number of nitrogens with zero attached hydrogens (tertiary/aromatic N) is 1. The first kappa shape index (κ1) is 8.53. The monoisotopic (exact) mass is 156 g/mol. The van der Waals surface area contributed by atoms with Crippen LogP contribution >= 0.6 is 0 Å².